The highest BCUT2D eigenvalue weighted by Gasteiger charge is 2.18. The molecular formula is C11H16N2O. The second kappa shape index (κ2) is 3.95. The van der Waals surface area contributed by atoms with E-state index in [0.717, 1.165) is 5.69 Å². The van der Waals surface area contributed by atoms with Gasteiger partial charge in [-0.25, -0.2) is 4.98 Å². The number of hydrogen-bond donors (Lipinski definition) is 0. The van der Waals surface area contributed by atoms with E-state index in [1.165, 1.54) is 32.1 Å². The molecule has 0 amide bonds. The SMILES string of the molecule is CC(=O)c1cncn1C1CCCCC1. The summed E-state index contributed by atoms with van der Waals surface area (Å²) in [5.74, 6) is 0.119. The number of Topliss-reactive ketones (excluding diaryl/α,β-unsaturated/α-hetero) is 1. The third-order valence-electron chi connectivity index (χ3n) is 2.99. The number of carbonyl (C=O) groups is 1. The second-order valence-corrected chi connectivity index (χ2v) is 4.03. The van der Waals surface area contributed by atoms with E-state index in [4.69, 9.17) is 0 Å². The topological polar surface area (TPSA) is 34.9 Å². The number of carbonyl (C=O) groups excluding carboxylic acids is 1. The van der Waals surface area contributed by atoms with Crippen molar-refractivity contribution in [3.05, 3.63) is 18.2 Å². The molecule has 0 aromatic carbocycles. The number of imidazole rings is 1. The normalized spacial score (nSPS) is 18.4. The van der Waals surface area contributed by atoms with Crippen molar-refractivity contribution < 1.29 is 4.79 Å². The van der Waals surface area contributed by atoms with Crippen molar-refractivity contribution in [3.63, 3.8) is 0 Å². The summed E-state index contributed by atoms with van der Waals surface area (Å²) in [7, 11) is 0. The van der Waals surface area contributed by atoms with E-state index in [1.54, 1.807) is 19.4 Å². The minimum atomic E-state index is 0.119. The highest BCUT2D eigenvalue weighted by Crippen LogP contribution is 2.28. The van der Waals surface area contributed by atoms with Gasteiger partial charge >= 0.3 is 0 Å². The van der Waals surface area contributed by atoms with E-state index in [0.29, 0.717) is 6.04 Å². The van der Waals surface area contributed by atoms with Crippen LogP contribution in [0.15, 0.2) is 12.5 Å². The zero-order valence-corrected chi connectivity index (χ0v) is 8.57. The molecule has 1 heterocycles. The zero-order valence-electron chi connectivity index (χ0n) is 8.57. The van der Waals surface area contributed by atoms with Crippen LogP contribution in [-0.4, -0.2) is 15.3 Å². The van der Waals surface area contributed by atoms with E-state index < -0.39 is 0 Å². The number of aromatic nitrogens is 2. The van der Waals surface area contributed by atoms with Gasteiger partial charge in [0.2, 0.25) is 0 Å². The van der Waals surface area contributed by atoms with Crippen LogP contribution in [0.2, 0.25) is 0 Å². The summed E-state index contributed by atoms with van der Waals surface area (Å²) in [5.41, 5.74) is 0.761. The first kappa shape index (κ1) is 9.44. The van der Waals surface area contributed by atoms with Crippen molar-refractivity contribution in [2.75, 3.05) is 0 Å². The molecule has 0 unspecified atom stereocenters. The number of nitrogens with zero attached hydrogens (tertiary/aromatic N) is 2. The number of hydrogen-bond acceptors (Lipinski definition) is 2. The molecule has 3 nitrogen and oxygen atoms in total. The van der Waals surface area contributed by atoms with Crippen molar-refractivity contribution >= 4 is 5.78 Å². The molecule has 1 aliphatic carbocycles. The van der Waals surface area contributed by atoms with Crippen LogP contribution in [-0.2, 0) is 0 Å². The Kier molecular flexibility index (Phi) is 2.66. The first-order valence-electron chi connectivity index (χ1n) is 5.32. The molecule has 1 saturated carbocycles. The van der Waals surface area contributed by atoms with E-state index >= 15 is 0 Å². The van der Waals surface area contributed by atoms with Crippen LogP contribution in [0.4, 0.5) is 0 Å². The van der Waals surface area contributed by atoms with Gasteiger partial charge in [-0.2, -0.15) is 0 Å². The summed E-state index contributed by atoms with van der Waals surface area (Å²) in [6.07, 6.45) is 9.75. The highest BCUT2D eigenvalue weighted by molar-refractivity contribution is 5.92. The lowest BCUT2D eigenvalue weighted by Gasteiger charge is -2.24. The molecule has 0 atom stereocenters. The molecule has 0 spiro atoms. The molecule has 3 heteroatoms. The average molecular weight is 192 g/mol. The minimum absolute atomic E-state index is 0.119. The molecule has 1 fully saturated rings. The standard InChI is InChI=1S/C11H16N2O/c1-9(14)11-7-12-8-13(11)10-5-3-2-4-6-10/h7-8,10H,2-6H2,1H3. The number of rotatable bonds is 2. The van der Waals surface area contributed by atoms with Gasteiger partial charge in [0, 0.05) is 13.0 Å². The Morgan fingerprint density at radius 3 is 2.79 bits per heavy atom. The first-order chi connectivity index (χ1) is 6.79. The van der Waals surface area contributed by atoms with E-state index in [1.807, 2.05) is 0 Å². The molecule has 0 radical (unpaired) electrons. The fourth-order valence-electron chi connectivity index (χ4n) is 2.23. The van der Waals surface area contributed by atoms with Crippen LogP contribution in [0.3, 0.4) is 0 Å². The lowest BCUT2D eigenvalue weighted by Crippen LogP contribution is -2.15. The van der Waals surface area contributed by atoms with E-state index in [9.17, 15) is 4.79 Å². The maximum atomic E-state index is 11.3. The van der Waals surface area contributed by atoms with Gasteiger partial charge in [-0.1, -0.05) is 19.3 Å². The fourth-order valence-corrected chi connectivity index (χ4v) is 2.23. The first-order valence-corrected chi connectivity index (χ1v) is 5.32. The maximum absolute atomic E-state index is 11.3. The maximum Gasteiger partial charge on any atom is 0.177 e. The number of ketones is 1. The Bertz CT molecular complexity index is 324. The fraction of sp³-hybridized carbons (Fsp3) is 0.636. The molecule has 0 aliphatic heterocycles. The van der Waals surface area contributed by atoms with E-state index in [2.05, 4.69) is 9.55 Å². The Balaban J connectivity index is 2.21. The van der Waals surface area contributed by atoms with Gasteiger partial charge in [0.1, 0.15) is 5.69 Å². The van der Waals surface area contributed by atoms with Gasteiger partial charge in [0.15, 0.2) is 5.78 Å². The molecule has 0 bridgehead atoms. The summed E-state index contributed by atoms with van der Waals surface area (Å²) in [4.78, 5) is 15.4. The summed E-state index contributed by atoms with van der Waals surface area (Å²) in [6, 6.07) is 0.505. The minimum Gasteiger partial charge on any atom is -0.325 e. The Hall–Kier alpha value is -1.12. The predicted molar refractivity (Wildman–Crippen MR) is 54.4 cm³/mol. The molecule has 0 N–H and O–H groups in total. The monoisotopic (exact) mass is 192 g/mol. The van der Waals surface area contributed by atoms with Gasteiger partial charge in [-0.15, -0.1) is 0 Å². The summed E-state index contributed by atoms with van der Waals surface area (Å²) < 4.78 is 2.06. The molecule has 1 aliphatic rings. The lowest BCUT2D eigenvalue weighted by atomic mass is 9.95. The van der Waals surface area contributed by atoms with Crippen LogP contribution in [0.1, 0.15) is 55.6 Å². The van der Waals surface area contributed by atoms with Gasteiger partial charge in [0.25, 0.3) is 0 Å². The van der Waals surface area contributed by atoms with Crippen LogP contribution in [0.25, 0.3) is 0 Å². The van der Waals surface area contributed by atoms with Gasteiger partial charge in [-0.05, 0) is 12.8 Å². The molecule has 0 saturated heterocycles. The van der Waals surface area contributed by atoms with Crippen LogP contribution < -0.4 is 0 Å². The molecule has 1 aromatic rings. The largest absolute Gasteiger partial charge is 0.325 e. The van der Waals surface area contributed by atoms with Crippen molar-refractivity contribution in [2.45, 2.75) is 45.1 Å². The summed E-state index contributed by atoms with van der Waals surface area (Å²) >= 11 is 0. The van der Waals surface area contributed by atoms with Gasteiger partial charge in [0.05, 0.1) is 12.5 Å². The quantitative estimate of drug-likeness (QED) is 0.675. The predicted octanol–water partition coefficient (Wildman–Crippen LogP) is 2.59. The second-order valence-electron chi connectivity index (χ2n) is 4.03. The molecule has 1 aromatic heterocycles. The average Bonchev–Trinajstić information content (AvgIpc) is 2.67. The van der Waals surface area contributed by atoms with Crippen molar-refractivity contribution in [1.29, 1.82) is 0 Å². The van der Waals surface area contributed by atoms with E-state index in [-0.39, 0.29) is 5.78 Å². The third kappa shape index (κ3) is 1.72. The van der Waals surface area contributed by atoms with Crippen LogP contribution in [0.5, 0.6) is 0 Å². The smallest absolute Gasteiger partial charge is 0.177 e. The van der Waals surface area contributed by atoms with Crippen molar-refractivity contribution in [1.82, 2.24) is 9.55 Å². The molecule has 14 heavy (non-hydrogen) atoms. The highest BCUT2D eigenvalue weighted by atomic mass is 16.1. The van der Waals surface area contributed by atoms with Crippen molar-refractivity contribution in [3.8, 4) is 0 Å². The van der Waals surface area contributed by atoms with Crippen LogP contribution in [0, 0.1) is 0 Å². The third-order valence-corrected chi connectivity index (χ3v) is 2.99. The zero-order chi connectivity index (χ0) is 9.97. The summed E-state index contributed by atoms with van der Waals surface area (Å²) in [6.45, 7) is 1.61. The Labute approximate surface area is 84.1 Å². The summed E-state index contributed by atoms with van der Waals surface area (Å²) in [5, 5.41) is 0. The lowest BCUT2D eigenvalue weighted by molar-refractivity contribution is 0.100. The Morgan fingerprint density at radius 2 is 2.14 bits per heavy atom. The van der Waals surface area contributed by atoms with Gasteiger partial charge in [-0.3, -0.25) is 4.79 Å². The molecule has 2 rings (SSSR count). The van der Waals surface area contributed by atoms with Crippen molar-refractivity contribution in [2.24, 2.45) is 0 Å². The molecular weight excluding hydrogens is 176 g/mol. The van der Waals surface area contributed by atoms with Gasteiger partial charge < -0.3 is 4.57 Å². The Morgan fingerprint density at radius 1 is 1.43 bits per heavy atom. The van der Waals surface area contributed by atoms with Crippen LogP contribution >= 0.6 is 0 Å². The molecule has 76 valence electrons.